The van der Waals surface area contributed by atoms with Crippen molar-refractivity contribution < 1.29 is 4.52 Å². The van der Waals surface area contributed by atoms with E-state index in [0.717, 1.165) is 55.9 Å². The number of aromatic nitrogens is 5. The summed E-state index contributed by atoms with van der Waals surface area (Å²) < 4.78 is 5.22. The molecular formula is C19H26N6O. The maximum absolute atomic E-state index is 5.22. The second kappa shape index (κ2) is 8.71. The van der Waals surface area contributed by atoms with Crippen molar-refractivity contribution >= 4 is 0 Å². The first-order valence-electron chi connectivity index (χ1n) is 9.07. The molecule has 7 nitrogen and oxygen atoms in total. The molecule has 138 valence electrons. The van der Waals surface area contributed by atoms with Crippen molar-refractivity contribution in [3.8, 4) is 11.4 Å². The van der Waals surface area contributed by atoms with Crippen LogP contribution in [0.5, 0.6) is 0 Å². The van der Waals surface area contributed by atoms with Crippen LogP contribution in [0.1, 0.15) is 36.3 Å². The lowest BCUT2D eigenvalue weighted by molar-refractivity contribution is 0.311. The van der Waals surface area contributed by atoms with Crippen LogP contribution in [0, 0.1) is 13.8 Å². The Morgan fingerprint density at radius 3 is 2.62 bits per heavy atom. The van der Waals surface area contributed by atoms with Crippen molar-refractivity contribution in [1.82, 2.24) is 30.3 Å². The molecule has 3 aromatic rings. The van der Waals surface area contributed by atoms with Gasteiger partial charge in [-0.2, -0.15) is 4.80 Å². The first-order chi connectivity index (χ1) is 12.6. The number of benzene rings is 1. The molecule has 0 aliphatic rings. The van der Waals surface area contributed by atoms with Crippen LogP contribution in [-0.2, 0) is 13.1 Å². The second-order valence-corrected chi connectivity index (χ2v) is 6.68. The summed E-state index contributed by atoms with van der Waals surface area (Å²) in [7, 11) is 2.14. The Balaban J connectivity index is 1.36. The van der Waals surface area contributed by atoms with Gasteiger partial charge in [-0.05, 0) is 45.5 Å². The fourth-order valence-electron chi connectivity index (χ4n) is 2.93. The third-order valence-electron chi connectivity index (χ3n) is 4.49. The summed E-state index contributed by atoms with van der Waals surface area (Å²) in [5.41, 5.74) is 3.19. The van der Waals surface area contributed by atoms with Crippen molar-refractivity contribution in [3.63, 3.8) is 0 Å². The van der Waals surface area contributed by atoms with Crippen molar-refractivity contribution in [1.29, 1.82) is 0 Å². The van der Waals surface area contributed by atoms with E-state index < -0.39 is 0 Å². The minimum atomic E-state index is 0.685. The van der Waals surface area contributed by atoms with E-state index in [1.165, 1.54) is 5.56 Å². The Morgan fingerprint density at radius 1 is 1.08 bits per heavy atom. The van der Waals surface area contributed by atoms with Crippen LogP contribution >= 0.6 is 0 Å². The average molecular weight is 354 g/mol. The quantitative estimate of drug-likeness (QED) is 0.549. The number of rotatable bonds is 9. The van der Waals surface area contributed by atoms with Gasteiger partial charge in [-0.3, -0.25) is 0 Å². The molecule has 0 atom stereocenters. The fraction of sp³-hybridized carbons (Fsp3) is 0.474. The minimum Gasteiger partial charge on any atom is -0.361 e. The molecule has 0 unspecified atom stereocenters. The van der Waals surface area contributed by atoms with Gasteiger partial charge < -0.3 is 9.42 Å². The number of tetrazole rings is 1. The third-order valence-corrected chi connectivity index (χ3v) is 4.49. The predicted octanol–water partition coefficient (Wildman–Crippen LogP) is 3.25. The van der Waals surface area contributed by atoms with Crippen molar-refractivity contribution in [2.45, 2.75) is 46.2 Å². The molecule has 0 aliphatic carbocycles. The van der Waals surface area contributed by atoms with Gasteiger partial charge in [0.1, 0.15) is 5.76 Å². The number of unbranched alkanes of at least 4 members (excludes halogenated alkanes) is 2. The molecule has 0 bridgehead atoms. The predicted molar refractivity (Wildman–Crippen MR) is 99.4 cm³/mol. The lowest BCUT2D eigenvalue weighted by Crippen LogP contribution is -2.20. The van der Waals surface area contributed by atoms with Crippen LogP contribution in [0.2, 0.25) is 0 Å². The molecule has 0 spiro atoms. The molecule has 26 heavy (non-hydrogen) atoms. The largest absolute Gasteiger partial charge is 0.361 e. The topological polar surface area (TPSA) is 72.9 Å². The molecule has 0 saturated heterocycles. The van der Waals surface area contributed by atoms with E-state index in [1.54, 1.807) is 4.80 Å². The van der Waals surface area contributed by atoms with E-state index in [9.17, 15) is 0 Å². The van der Waals surface area contributed by atoms with E-state index in [0.29, 0.717) is 5.82 Å². The highest BCUT2D eigenvalue weighted by atomic mass is 16.5. The van der Waals surface area contributed by atoms with Crippen LogP contribution in [0.25, 0.3) is 11.4 Å². The third kappa shape index (κ3) is 4.76. The van der Waals surface area contributed by atoms with Crippen LogP contribution in [-0.4, -0.2) is 43.9 Å². The van der Waals surface area contributed by atoms with E-state index in [1.807, 2.05) is 44.2 Å². The van der Waals surface area contributed by atoms with Gasteiger partial charge in [0, 0.05) is 17.7 Å². The summed E-state index contributed by atoms with van der Waals surface area (Å²) in [6, 6.07) is 9.94. The highest BCUT2D eigenvalue weighted by Crippen LogP contribution is 2.15. The van der Waals surface area contributed by atoms with Gasteiger partial charge in [0.05, 0.1) is 12.2 Å². The molecule has 3 rings (SSSR count). The zero-order chi connectivity index (χ0) is 18.4. The van der Waals surface area contributed by atoms with E-state index in [4.69, 9.17) is 4.52 Å². The van der Waals surface area contributed by atoms with Gasteiger partial charge >= 0.3 is 0 Å². The molecule has 0 aliphatic heterocycles. The summed E-state index contributed by atoms with van der Waals surface area (Å²) >= 11 is 0. The molecule has 1 aromatic carbocycles. The minimum absolute atomic E-state index is 0.685. The Morgan fingerprint density at radius 2 is 1.88 bits per heavy atom. The van der Waals surface area contributed by atoms with Gasteiger partial charge in [-0.25, -0.2) is 0 Å². The van der Waals surface area contributed by atoms with E-state index >= 15 is 0 Å². The fourth-order valence-corrected chi connectivity index (χ4v) is 2.93. The molecule has 0 amide bonds. The summed E-state index contributed by atoms with van der Waals surface area (Å²) in [5.74, 6) is 1.60. The van der Waals surface area contributed by atoms with Crippen LogP contribution in [0.3, 0.4) is 0 Å². The zero-order valence-electron chi connectivity index (χ0n) is 15.7. The molecule has 2 heterocycles. The normalized spacial score (nSPS) is 11.4. The van der Waals surface area contributed by atoms with Crippen molar-refractivity contribution in [3.05, 3.63) is 47.3 Å². The lowest BCUT2D eigenvalue weighted by Gasteiger charge is -2.16. The molecule has 7 heteroatoms. The zero-order valence-corrected chi connectivity index (χ0v) is 15.7. The van der Waals surface area contributed by atoms with Crippen LogP contribution < -0.4 is 0 Å². The van der Waals surface area contributed by atoms with Crippen molar-refractivity contribution in [2.75, 3.05) is 13.6 Å². The maximum atomic E-state index is 5.22. The Bertz CT molecular complexity index is 791. The molecule has 0 saturated carbocycles. The maximum Gasteiger partial charge on any atom is 0.204 e. The van der Waals surface area contributed by atoms with Crippen LogP contribution in [0.15, 0.2) is 34.9 Å². The Kier molecular flexibility index (Phi) is 6.12. The summed E-state index contributed by atoms with van der Waals surface area (Å²) in [5, 5.41) is 16.7. The molecule has 0 N–H and O–H groups in total. The summed E-state index contributed by atoms with van der Waals surface area (Å²) in [6.45, 7) is 6.69. The van der Waals surface area contributed by atoms with Gasteiger partial charge in [-0.1, -0.05) is 41.9 Å². The summed E-state index contributed by atoms with van der Waals surface area (Å²) in [6.07, 6.45) is 3.32. The summed E-state index contributed by atoms with van der Waals surface area (Å²) in [4.78, 5) is 4.00. The smallest absolute Gasteiger partial charge is 0.204 e. The Hall–Kier alpha value is -2.54. The number of aryl methyl sites for hydroxylation is 3. The SMILES string of the molecule is Cc1noc(C)c1CN(C)CCCCCn1nnc(-c2ccccc2)n1. The second-order valence-electron chi connectivity index (χ2n) is 6.68. The molecular weight excluding hydrogens is 328 g/mol. The number of nitrogens with zero attached hydrogens (tertiary/aromatic N) is 6. The first kappa shape index (κ1) is 18.3. The standard InChI is InChI=1S/C19H26N6O/c1-15-18(16(2)26-22-15)14-24(3)12-8-5-9-13-25-21-19(20-23-25)17-10-6-4-7-11-17/h4,6-7,10-11H,5,8-9,12-14H2,1-3H3. The van der Waals surface area contributed by atoms with Crippen LogP contribution in [0.4, 0.5) is 0 Å². The molecule has 0 fully saturated rings. The Labute approximate surface area is 154 Å². The van der Waals surface area contributed by atoms with E-state index in [2.05, 4.69) is 32.5 Å². The average Bonchev–Trinajstić information content (AvgIpc) is 3.24. The highest BCUT2D eigenvalue weighted by Gasteiger charge is 2.11. The van der Waals surface area contributed by atoms with Crippen molar-refractivity contribution in [2.24, 2.45) is 0 Å². The molecule has 2 aromatic heterocycles. The number of hydrogen-bond donors (Lipinski definition) is 0. The van der Waals surface area contributed by atoms with E-state index in [-0.39, 0.29) is 0 Å². The molecule has 0 radical (unpaired) electrons. The van der Waals surface area contributed by atoms with Gasteiger partial charge in [0.2, 0.25) is 5.82 Å². The number of hydrogen-bond acceptors (Lipinski definition) is 6. The monoisotopic (exact) mass is 354 g/mol. The van der Waals surface area contributed by atoms with Gasteiger partial charge in [0.25, 0.3) is 0 Å². The first-order valence-corrected chi connectivity index (χ1v) is 9.07. The van der Waals surface area contributed by atoms with Gasteiger partial charge in [0.15, 0.2) is 0 Å². The highest BCUT2D eigenvalue weighted by molar-refractivity contribution is 5.52. The lowest BCUT2D eigenvalue weighted by atomic mass is 10.2. The van der Waals surface area contributed by atoms with Gasteiger partial charge in [-0.15, -0.1) is 10.2 Å².